The molecule has 3 aliphatic carbocycles. The summed E-state index contributed by atoms with van der Waals surface area (Å²) in [4.78, 5) is 2.73. The first-order chi connectivity index (χ1) is 30.0. The van der Waals surface area contributed by atoms with Crippen molar-refractivity contribution < 1.29 is 0 Å². The zero-order valence-electron chi connectivity index (χ0n) is 34.0. The fourth-order valence-electron chi connectivity index (χ4n) is 12.2. The molecule has 0 bridgehead atoms. The van der Waals surface area contributed by atoms with Crippen LogP contribution < -0.4 is 15.5 Å². The molecule has 0 radical (unpaired) electrons. The maximum absolute atomic E-state index is 3.95. The van der Waals surface area contributed by atoms with Crippen molar-refractivity contribution >= 4 is 38.6 Å². The van der Waals surface area contributed by atoms with E-state index in [1.807, 2.05) is 0 Å². The number of nitrogens with zero attached hydrogens (tertiary/aromatic N) is 1. The molecule has 3 heteroatoms. The number of benzene rings is 9. The Morgan fingerprint density at radius 2 is 1.26 bits per heavy atom. The molecule has 3 atom stereocenters. The third-order valence-electron chi connectivity index (χ3n) is 14.7. The van der Waals surface area contributed by atoms with E-state index in [1.54, 1.807) is 0 Å². The second kappa shape index (κ2) is 11.8. The minimum absolute atomic E-state index is 0.0658. The monoisotopic (exact) mass is 779 g/mol. The number of anilines is 2. The summed E-state index contributed by atoms with van der Waals surface area (Å²) in [5.74, 6) is 0. The minimum atomic E-state index is -0.474. The number of hydrogen-bond donors (Lipinski definition) is 2. The first-order valence-corrected chi connectivity index (χ1v) is 21.7. The van der Waals surface area contributed by atoms with E-state index in [-0.39, 0.29) is 17.6 Å². The minimum Gasteiger partial charge on any atom is -0.366 e. The molecule has 2 N–H and O–H groups in total. The molecule has 0 fully saturated rings. The molecule has 3 unspecified atom stereocenters. The average Bonchev–Trinajstić information content (AvgIpc) is 3.97. The van der Waals surface area contributed by atoms with E-state index in [0.717, 1.165) is 5.70 Å². The smallest absolute Gasteiger partial charge is 0.124 e. The van der Waals surface area contributed by atoms with Crippen LogP contribution in [-0.2, 0) is 11.0 Å². The van der Waals surface area contributed by atoms with E-state index >= 15 is 0 Å². The predicted octanol–water partition coefficient (Wildman–Crippen LogP) is 13.7. The van der Waals surface area contributed by atoms with E-state index in [0.29, 0.717) is 0 Å². The van der Waals surface area contributed by atoms with Crippen LogP contribution in [0.25, 0.3) is 60.6 Å². The Morgan fingerprint density at radius 1 is 0.508 bits per heavy atom. The highest BCUT2D eigenvalue weighted by molar-refractivity contribution is 6.19. The molecule has 0 saturated heterocycles. The topological polar surface area (TPSA) is 27.3 Å². The Labute approximate surface area is 355 Å². The van der Waals surface area contributed by atoms with Gasteiger partial charge in [0.2, 0.25) is 0 Å². The first-order valence-electron chi connectivity index (χ1n) is 21.7. The average molecular weight is 780 g/mol. The van der Waals surface area contributed by atoms with Gasteiger partial charge in [0, 0.05) is 33.3 Å². The maximum atomic E-state index is 3.95. The molecule has 2 aliphatic heterocycles. The van der Waals surface area contributed by atoms with E-state index in [2.05, 4.69) is 217 Å². The summed E-state index contributed by atoms with van der Waals surface area (Å²) in [5.41, 5.74) is 21.8. The van der Waals surface area contributed by atoms with Crippen LogP contribution >= 0.6 is 0 Å². The Kier molecular flexibility index (Phi) is 6.48. The van der Waals surface area contributed by atoms with Crippen LogP contribution in [0, 0.1) is 0 Å². The molecule has 14 rings (SSSR count). The van der Waals surface area contributed by atoms with Crippen molar-refractivity contribution in [2.75, 3.05) is 4.90 Å². The van der Waals surface area contributed by atoms with Crippen LogP contribution in [0.2, 0.25) is 0 Å². The van der Waals surface area contributed by atoms with Crippen molar-refractivity contribution in [3.63, 3.8) is 0 Å². The lowest BCUT2D eigenvalue weighted by Crippen LogP contribution is -2.39. The zero-order valence-corrected chi connectivity index (χ0v) is 34.0. The summed E-state index contributed by atoms with van der Waals surface area (Å²) in [6.07, 6.45) is 2.25. The van der Waals surface area contributed by atoms with Crippen LogP contribution in [0.1, 0.15) is 70.6 Å². The van der Waals surface area contributed by atoms with Crippen LogP contribution in [0.5, 0.6) is 0 Å². The van der Waals surface area contributed by atoms with Crippen molar-refractivity contribution in [1.29, 1.82) is 0 Å². The fraction of sp³-hybridized carbons (Fsp3) is 0.103. The highest BCUT2D eigenvalue weighted by atomic mass is 15.2. The SMILES string of the molecule is CC1(C)c2ccc(C3NC(c4ccccc4)=CC(c4ccccc4)N3)cc2-c2ccc(N3c4cccc5ccc6c(c45)C34c3ccccc3-c3cc5ccccc5c-6c34)cc21. The summed E-state index contributed by atoms with van der Waals surface area (Å²) in [7, 11) is 0. The third-order valence-corrected chi connectivity index (χ3v) is 14.7. The summed E-state index contributed by atoms with van der Waals surface area (Å²) in [6.45, 7) is 4.82. The molecule has 0 amide bonds. The van der Waals surface area contributed by atoms with Gasteiger partial charge in [-0.1, -0.05) is 166 Å². The summed E-state index contributed by atoms with van der Waals surface area (Å²) in [5, 5.41) is 13.1. The largest absolute Gasteiger partial charge is 0.366 e. The van der Waals surface area contributed by atoms with Gasteiger partial charge in [-0.25, -0.2) is 0 Å². The van der Waals surface area contributed by atoms with Gasteiger partial charge < -0.3 is 10.2 Å². The molecule has 0 aromatic heterocycles. The zero-order chi connectivity index (χ0) is 40.2. The van der Waals surface area contributed by atoms with Gasteiger partial charge in [-0.3, -0.25) is 5.32 Å². The van der Waals surface area contributed by atoms with Gasteiger partial charge >= 0.3 is 0 Å². The van der Waals surface area contributed by atoms with Crippen molar-refractivity contribution in [1.82, 2.24) is 10.6 Å². The Morgan fingerprint density at radius 3 is 2.15 bits per heavy atom. The van der Waals surface area contributed by atoms with E-state index in [4.69, 9.17) is 0 Å². The van der Waals surface area contributed by atoms with E-state index in [9.17, 15) is 0 Å². The molecule has 3 nitrogen and oxygen atoms in total. The van der Waals surface area contributed by atoms with E-state index < -0.39 is 5.54 Å². The van der Waals surface area contributed by atoms with Crippen LogP contribution in [-0.4, -0.2) is 0 Å². The first kappa shape index (κ1) is 33.6. The van der Waals surface area contributed by atoms with Crippen LogP contribution in [0.15, 0.2) is 188 Å². The predicted molar refractivity (Wildman–Crippen MR) is 251 cm³/mol. The van der Waals surface area contributed by atoms with Gasteiger partial charge in [-0.2, -0.15) is 0 Å². The van der Waals surface area contributed by atoms with Gasteiger partial charge in [0.05, 0.1) is 11.7 Å². The molecular formula is C58H41N3. The molecule has 2 heterocycles. The molecule has 0 saturated carbocycles. The lowest BCUT2D eigenvalue weighted by atomic mass is 9.81. The molecular weight excluding hydrogens is 739 g/mol. The Balaban J connectivity index is 0.939. The Bertz CT molecular complexity index is 3420. The number of rotatable bonds is 4. The summed E-state index contributed by atoms with van der Waals surface area (Å²) in [6, 6.07) is 68.4. The quantitative estimate of drug-likeness (QED) is 0.186. The molecule has 288 valence electrons. The molecule has 9 aromatic carbocycles. The normalized spacial score (nSPS) is 20.3. The van der Waals surface area contributed by atoms with Gasteiger partial charge in [0.25, 0.3) is 0 Å². The van der Waals surface area contributed by atoms with Crippen LogP contribution in [0.4, 0.5) is 11.4 Å². The molecule has 5 aliphatic rings. The molecule has 61 heavy (non-hydrogen) atoms. The highest BCUT2D eigenvalue weighted by Gasteiger charge is 2.60. The number of hydrogen-bond acceptors (Lipinski definition) is 3. The second-order valence-corrected chi connectivity index (χ2v) is 18.1. The third kappa shape index (κ3) is 4.21. The van der Waals surface area contributed by atoms with Gasteiger partial charge in [-0.15, -0.1) is 0 Å². The number of fused-ring (bicyclic) bond motifs is 8. The van der Waals surface area contributed by atoms with Crippen molar-refractivity contribution in [3.05, 3.63) is 233 Å². The lowest BCUT2D eigenvalue weighted by molar-refractivity contribution is 0.442. The van der Waals surface area contributed by atoms with Crippen LogP contribution in [0.3, 0.4) is 0 Å². The number of nitrogens with one attached hydrogen (secondary N) is 2. The molecule has 9 aromatic rings. The second-order valence-electron chi connectivity index (χ2n) is 18.1. The van der Waals surface area contributed by atoms with Crippen molar-refractivity contribution in [3.8, 4) is 33.4 Å². The van der Waals surface area contributed by atoms with Crippen molar-refractivity contribution in [2.45, 2.75) is 37.0 Å². The Hall–Kier alpha value is -7.20. The van der Waals surface area contributed by atoms with Gasteiger partial charge in [-0.05, 0) is 119 Å². The summed E-state index contributed by atoms with van der Waals surface area (Å²) >= 11 is 0. The maximum Gasteiger partial charge on any atom is 0.124 e. The van der Waals surface area contributed by atoms with Gasteiger partial charge in [0.1, 0.15) is 11.7 Å². The lowest BCUT2D eigenvalue weighted by Gasteiger charge is -2.39. The molecule has 1 spiro atoms. The standard InChI is InChI=1S/C58H41N3/c1-57(2)46-29-25-38(56-59-49(34-14-5-3-6-15-34)33-50(60-56)35-16-7-4-8-17-35)31-44(46)42-28-26-39(32-48(42)57)61-51-23-13-19-36-24-27-43-53-40-20-10-9-18-37(40)30-45-41-21-11-12-22-47(41)58(61,55(45)53)54(43)52(36)51/h3-33,49,56,59-60H,1-2H3. The fourth-order valence-corrected chi connectivity index (χ4v) is 12.2. The highest BCUT2D eigenvalue weighted by Crippen LogP contribution is 2.71. The summed E-state index contributed by atoms with van der Waals surface area (Å²) < 4.78 is 0. The van der Waals surface area contributed by atoms with Gasteiger partial charge in [0.15, 0.2) is 0 Å². The van der Waals surface area contributed by atoms with Crippen molar-refractivity contribution in [2.24, 2.45) is 0 Å². The van der Waals surface area contributed by atoms with E-state index in [1.165, 1.54) is 111 Å².